The fourth-order valence-corrected chi connectivity index (χ4v) is 2.51. The Bertz CT molecular complexity index is 856. The molecule has 0 bridgehead atoms. The average molecular weight is 401 g/mol. The number of hydrogen-bond donors (Lipinski definition) is 1. The van der Waals surface area contributed by atoms with Crippen LogP contribution in [-0.4, -0.2) is 37.4 Å². The maximum atomic E-state index is 12.9. The number of benzene rings is 2. The minimum Gasteiger partial charge on any atom is -0.497 e. The molecule has 0 saturated carbocycles. The third-order valence-electron chi connectivity index (χ3n) is 3.60. The number of nitrogens with zero attached hydrogens (tertiary/aromatic N) is 1. The number of likely N-dealkylation sites (N-methyl/N-ethyl adjacent to an activating group) is 1. The number of nitrogens with one attached hydrogen (secondary N) is 1. The minimum atomic E-state index is -4.64. The molecular weight excluding hydrogens is 385 g/mol. The monoisotopic (exact) mass is 400 g/mol. The quantitative estimate of drug-likeness (QED) is 0.822. The van der Waals surface area contributed by atoms with E-state index in [-0.39, 0.29) is 12.2 Å². The van der Waals surface area contributed by atoms with Gasteiger partial charge in [0, 0.05) is 18.3 Å². The van der Waals surface area contributed by atoms with E-state index in [4.69, 9.17) is 16.3 Å². The average Bonchev–Trinajstić information content (AvgIpc) is 2.61. The third kappa shape index (κ3) is 5.37. The summed E-state index contributed by atoms with van der Waals surface area (Å²) < 4.78 is 43.7. The lowest BCUT2D eigenvalue weighted by atomic mass is 10.2. The van der Waals surface area contributed by atoms with Crippen LogP contribution in [0.1, 0.15) is 15.9 Å². The van der Waals surface area contributed by atoms with Crippen LogP contribution in [0.3, 0.4) is 0 Å². The summed E-state index contributed by atoms with van der Waals surface area (Å²) in [5.74, 6) is -0.597. The fourth-order valence-electron chi connectivity index (χ4n) is 2.28. The molecule has 1 N–H and O–H groups in total. The number of carbonyl (C=O) groups excluding carboxylic acids is 2. The van der Waals surface area contributed by atoms with Crippen LogP contribution in [0.5, 0.6) is 5.75 Å². The molecule has 0 atom stereocenters. The molecule has 0 heterocycles. The van der Waals surface area contributed by atoms with Crippen molar-refractivity contribution in [1.82, 2.24) is 4.90 Å². The van der Waals surface area contributed by atoms with Crippen molar-refractivity contribution in [3.8, 4) is 5.75 Å². The SMILES string of the molecule is COc1cccc(C(=O)N(C)CC(=O)Nc2ccc(Cl)c(C(F)(F)F)c2)c1. The van der Waals surface area contributed by atoms with Crippen LogP contribution < -0.4 is 10.1 Å². The number of rotatable bonds is 5. The van der Waals surface area contributed by atoms with E-state index in [1.807, 2.05) is 0 Å². The number of hydrogen-bond acceptors (Lipinski definition) is 3. The first kappa shape index (κ1) is 20.6. The van der Waals surface area contributed by atoms with E-state index in [1.54, 1.807) is 18.2 Å². The van der Waals surface area contributed by atoms with Gasteiger partial charge < -0.3 is 15.0 Å². The standard InChI is InChI=1S/C18H16ClF3N2O3/c1-24(17(26)11-4-3-5-13(8-11)27-2)10-16(25)23-12-6-7-15(19)14(9-12)18(20,21)22/h3-9H,10H2,1-2H3,(H,23,25). The van der Waals surface area contributed by atoms with Crippen LogP contribution in [0.15, 0.2) is 42.5 Å². The Labute approximate surface area is 158 Å². The lowest BCUT2D eigenvalue weighted by Gasteiger charge is -2.18. The molecule has 0 aliphatic heterocycles. The van der Waals surface area contributed by atoms with Crippen LogP contribution >= 0.6 is 11.6 Å². The zero-order valence-corrected chi connectivity index (χ0v) is 15.2. The van der Waals surface area contributed by atoms with Gasteiger partial charge in [0.15, 0.2) is 0 Å². The molecule has 2 amide bonds. The lowest BCUT2D eigenvalue weighted by molar-refractivity contribution is -0.137. The molecule has 0 spiro atoms. The van der Waals surface area contributed by atoms with Crippen LogP contribution in [0.25, 0.3) is 0 Å². The molecule has 0 radical (unpaired) electrons. The van der Waals surface area contributed by atoms with Crippen LogP contribution in [-0.2, 0) is 11.0 Å². The van der Waals surface area contributed by atoms with Crippen molar-refractivity contribution in [3.05, 3.63) is 58.6 Å². The Balaban J connectivity index is 2.06. The molecule has 144 valence electrons. The molecule has 0 fully saturated rings. The highest BCUT2D eigenvalue weighted by Crippen LogP contribution is 2.36. The van der Waals surface area contributed by atoms with E-state index in [0.717, 1.165) is 17.0 Å². The molecule has 2 rings (SSSR count). The fraction of sp³-hybridized carbons (Fsp3) is 0.222. The van der Waals surface area contributed by atoms with Gasteiger partial charge in [-0.1, -0.05) is 17.7 Å². The Kier molecular flexibility index (Phi) is 6.32. The van der Waals surface area contributed by atoms with E-state index in [9.17, 15) is 22.8 Å². The smallest absolute Gasteiger partial charge is 0.417 e. The van der Waals surface area contributed by atoms with Gasteiger partial charge in [-0.3, -0.25) is 9.59 Å². The predicted molar refractivity (Wildman–Crippen MR) is 95.0 cm³/mol. The van der Waals surface area contributed by atoms with E-state index < -0.39 is 28.6 Å². The number of methoxy groups -OCH3 is 1. The number of halogens is 4. The van der Waals surface area contributed by atoms with Crippen molar-refractivity contribution in [3.63, 3.8) is 0 Å². The third-order valence-corrected chi connectivity index (χ3v) is 3.93. The van der Waals surface area contributed by atoms with Crippen molar-refractivity contribution in [2.24, 2.45) is 0 Å². The highest BCUT2D eigenvalue weighted by molar-refractivity contribution is 6.31. The van der Waals surface area contributed by atoms with Gasteiger partial charge in [-0.05, 0) is 36.4 Å². The summed E-state index contributed by atoms with van der Waals surface area (Å²) in [4.78, 5) is 25.6. The molecule has 27 heavy (non-hydrogen) atoms. The maximum absolute atomic E-state index is 12.9. The molecule has 0 aliphatic rings. The number of carbonyl (C=O) groups is 2. The second-order valence-corrected chi connectivity index (χ2v) is 6.04. The van der Waals surface area contributed by atoms with Gasteiger partial charge in [-0.15, -0.1) is 0 Å². The van der Waals surface area contributed by atoms with E-state index in [2.05, 4.69) is 5.32 Å². The predicted octanol–water partition coefficient (Wildman–Crippen LogP) is 4.08. The molecule has 5 nitrogen and oxygen atoms in total. The Morgan fingerprint density at radius 3 is 2.52 bits per heavy atom. The van der Waals surface area contributed by atoms with Crippen molar-refractivity contribution < 1.29 is 27.5 Å². The number of amides is 2. The summed E-state index contributed by atoms with van der Waals surface area (Å²) in [5.41, 5.74) is -0.808. The van der Waals surface area contributed by atoms with Gasteiger partial charge in [0.05, 0.1) is 24.2 Å². The molecule has 0 unspecified atom stereocenters. The zero-order chi connectivity index (χ0) is 20.2. The van der Waals surface area contributed by atoms with E-state index in [0.29, 0.717) is 11.3 Å². The van der Waals surface area contributed by atoms with Crippen LogP contribution in [0.2, 0.25) is 5.02 Å². The summed E-state index contributed by atoms with van der Waals surface area (Å²) in [6.07, 6.45) is -4.64. The molecule has 2 aromatic rings. The second kappa shape index (κ2) is 8.30. The normalized spacial score (nSPS) is 11.0. The van der Waals surface area contributed by atoms with Gasteiger partial charge >= 0.3 is 6.18 Å². The first-order chi connectivity index (χ1) is 12.6. The number of ether oxygens (including phenoxy) is 1. The van der Waals surface area contributed by atoms with E-state index in [1.165, 1.54) is 26.3 Å². The summed E-state index contributed by atoms with van der Waals surface area (Å²) in [5, 5.41) is 1.86. The Hall–Kier alpha value is -2.74. The molecule has 0 aromatic heterocycles. The van der Waals surface area contributed by atoms with Gasteiger partial charge in [0.1, 0.15) is 5.75 Å². The van der Waals surface area contributed by atoms with Crippen molar-refractivity contribution in [1.29, 1.82) is 0 Å². The van der Waals surface area contributed by atoms with Gasteiger partial charge in [0.2, 0.25) is 5.91 Å². The minimum absolute atomic E-state index is 0.0704. The maximum Gasteiger partial charge on any atom is 0.417 e. The highest BCUT2D eigenvalue weighted by atomic mass is 35.5. The molecule has 0 aliphatic carbocycles. The molecular formula is C18H16ClF3N2O3. The largest absolute Gasteiger partial charge is 0.497 e. The van der Waals surface area contributed by atoms with Crippen molar-refractivity contribution in [2.45, 2.75) is 6.18 Å². The second-order valence-electron chi connectivity index (χ2n) is 5.63. The summed E-state index contributed by atoms with van der Waals surface area (Å²) in [6, 6.07) is 9.42. The van der Waals surface area contributed by atoms with Gasteiger partial charge in [0.25, 0.3) is 5.91 Å². The molecule has 0 saturated heterocycles. The topological polar surface area (TPSA) is 58.6 Å². The van der Waals surface area contributed by atoms with Crippen LogP contribution in [0, 0.1) is 0 Å². The van der Waals surface area contributed by atoms with Crippen LogP contribution in [0.4, 0.5) is 18.9 Å². The highest BCUT2D eigenvalue weighted by Gasteiger charge is 2.33. The molecule has 9 heteroatoms. The number of alkyl halides is 3. The van der Waals surface area contributed by atoms with Crippen molar-refractivity contribution in [2.75, 3.05) is 26.0 Å². The number of anilines is 1. The molecule has 2 aromatic carbocycles. The summed E-state index contributed by atoms with van der Waals surface area (Å²) in [6.45, 7) is -0.347. The Morgan fingerprint density at radius 1 is 1.19 bits per heavy atom. The lowest BCUT2D eigenvalue weighted by Crippen LogP contribution is -2.35. The Morgan fingerprint density at radius 2 is 1.89 bits per heavy atom. The van der Waals surface area contributed by atoms with Gasteiger partial charge in [-0.25, -0.2) is 0 Å². The van der Waals surface area contributed by atoms with Gasteiger partial charge in [-0.2, -0.15) is 13.2 Å². The summed E-state index contributed by atoms with van der Waals surface area (Å²) in [7, 11) is 2.87. The first-order valence-electron chi connectivity index (χ1n) is 7.68. The van der Waals surface area contributed by atoms with E-state index >= 15 is 0 Å². The van der Waals surface area contributed by atoms with Crippen molar-refractivity contribution >= 4 is 29.1 Å². The first-order valence-corrected chi connectivity index (χ1v) is 8.05. The summed E-state index contributed by atoms with van der Waals surface area (Å²) >= 11 is 5.54. The zero-order valence-electron chi connectivity index (χ0n) is 14.4.